The van der Waals surface area contributed by atoms with Gasteiger partial charge >= 0.3 is 5.97 Å². The van der Waals surface area contributed by atoms with Gasteiger partial charge < -0.3 is 14.6 Å². The van der Waals surface area contributed by atoms with Crippen LogP contribution in [0, 0.1) is 20.8 Å². The first kappa shape index (κ1) is 23.9. The van der Waals surface area contributed by atoms with Crippen LogP contribution < -0.4 is 4.74 Å². The number of hydrogen-bond acceptors (Lipinski definition) is 6. The number of benzene rings is 3. The number of rotatable bonds is 8. The predicted octanol–water partition coefficient (Wildman–Crippen LogP) is 6.69. The molecule has 1 heterocycles. The topological polar surface area (TPSA) is 89.9 Å². The molecule has 0 aliphatic carbocycles. The molecule has 0 saturated carbocycles. The van der Waals surface area contributed by atoms with Crippen molar-refractivity contribution in [2.24, 2.45) is 0 Å². The van der Waals surface area contributed by atoms with Gasteiger partial charge in [0.25, 0.3) is 6.47 Å². The quantitative estimate of drug-likeness (QED) is 0.169. The molecule has 0 radical (unpaired) electrons. The Labute approximate surface area is 206 Å². The fourth-order valence-corrected chi connectivity index (χ4v) is 5.14. The summed E-state index contributed by atoms with van der Waals surface area (Å²) in [4.78, 5) is 36.0. The minimum absolute atomic E-state index is 0.140. The molecule has 0 bridgehead atoms. The summed E-state index contributed by atoms with van der Waals surface area (Å²) >= 11 is 1.22. The van der Waals surface area contributed by atoms with Crippen molar-refractivity contribution in [3.8, 4) is 11.5 Å². The average Bonchev–Trinajstić information content (AvgIpc) is 3.17. The van der Waals surface area contributed by atoms with Crippen molar-refractivity contribution < 1.29 is 29.0 Å². The maximum Gasteiger partial charge on any atom is 0.335 e. The first-order valence-corrected chi connectivity index (χ1v) is 11.6. The van der Waals surface area contributed by atoms with Gasteiger partial charge in [0.05, 0.1) is 11.8 Å². The van der Waals surface area contributed by atoms with Crippen molar-refractivity contribution in [1.29, 1.82) is 0 Å². The van der Waals surface area contributed by atoms with Gasteiger partial charge in [-0.15, -0.1) is 11.3 Å². The van der Waals surface area contributed by atoms with Gasteiger partial charge in [0.1, 0.15) is 10.6 Å². The Morgan fingerprint density at radius 2 is 1.63 bits per heavy atom. The monoisotopic (exact) mass is 486 g/mol. The molecule has 0 saturated heterocycles. The number of carbonyl (C=O) groups excluding carboxylic acids is 2. The van der Waals surface area contributed by atoms with E-state index in [1.54, 1.807) is 42.5 Å². The van der Waals surface area contributed by atoms with Crippen molar-refractivity contribution in [2.75, 3.05) is 0 Å². The van der Waals surface area contributed by atoms with E-state index < -0.39 is 5.97 Å². The number of carboxylic acid groups (broad SMARTS) is 1. The summed E-state index contributed by atoms with van der Waals surface area (Å²) in [6, 6.07) is 15.7. The highest BCUT2D eigenvalue weighted by molar-refractivity contribution is 7.21. The Hall–Kier alpha value is -4.23. The molecular weight excluding hydrogens is 464 g/mol. The van der Waals surface area contributed by atoms with Gasteiger partial charge in [-0.3, -0.25) is 9.59 Å². The summed E-state index contributed by atoms with van der Waals surface area (Å²) in [7, 11) is 0. The highest BCUT2D eigenvalue weighted by Gasteiger charge is 2.25. The molecule has 4 rings (SSSR count). The van der Waals surface area contributed by atoms with Crippen LogP contribution in [0.15, 0.2) is 60.9 Å². The number of carbonyl (C=O) groups is 3. The standard InChI is InChI=1S/C28H22O6S/c1-16-12-17(2)24(18(3)13-16)25(30)27-26(22-9-6-20(28(31)32)14-23(22)35-27)34-21-7-4-19(5-8-21)10-11-33-15-29/h4-15H,1-3H3,(H,31,32)/b11-10+. The zero-order valence-electron chi connectivity index (χ0n) is 19.3. The lowest BCUT2D eigenvalue weighted by Gasteiger charge is -2.12. The van der Waals surface area contributed by atoms with Crippen molar-refractivity contribution in [2.45, 2.75) is 20.8 Å². The lowest BCUT2D eigenvalue weighted by Crippen LogP contribution is -2.06. The van der Waals surface area contributed by atoms with Gasteiger partial charge in [-0.25, -0.2) is 4.79 Å². The summed E-state index contributed by atoms with van der Waals surface area (Å²) in [5.74, 6) is -0.313. The van der Waals surface area contributed by atoms with E-state index in [4.69, 9.17) is 4.74 Å². The van der Waals surface area contributed by atoms with Gasteiger partial charge in [-0.05, 0) is 73.9 Å². The van der Waals surface area contributed by atoms with Gasteiger partial charge in [-0.1, -0.05) is 29.8 Å². The van der Waals surface area contributed by atoms with Crippen LogP contribution in [0.4, 0.5) is 0 Å². The van der Waals surface area contributed by atoms with Crippen molar-refractivity contribution >= 4 is 45.7 Å². The van der Waals surface area contributed by atoms with Crippen LogP contribution in [0.1, 0.15) is 47.8 Å². The third kappa shape index (κ3) is 5.00. The molecule has 0 aliphatic heterocycles. The highest BCUT2D eigenvalue weighted by Crippen LogP contribution is 2.42. The SMILES string of the molecule is Cc1cc(C)c(C(=O)c2sc3cc(C(=O)O)ccc3c2Oc2ccc(/C=C/OC=O)cc2)c(C)c1. The number of ketones is 1. The minimum Gasteiger partial charge on any atom is -0.478 e. The van der Waals surface area contributed by atoms with Crippen molar-refractivity contribution in [1.82, 2.24) is 0 Å². The first-order chi connectivity index (χ1) is 16.8. The first-order valence-electron chi connectivity index (χ1n) is 10.7. The van der Waals surface area contributed by atoms with E-state index in [2.05, 4.69) is 4.74 Å². The van der Waals surface area contributed by atoms with Crippen LogP contribution in [0.5, 0.6) is 11.5 Å². The summed E-state index contributed by atoms with van der Waals surface area (Å²) in [5, 5.41) is 10.1. The van der Waals surface area contributed by atoms with Gasteiger partial charge in [0.2, 0.25) is 5.78 Å². The molecule has 1 aromatic heterocycles. The Balaban J connectivity index is 1.81. The molecule has 0 amide bonds. The van der Waals surface area contributed by atoms with Gasteiger partial charge in [-0.2, -0.15) is 0 Å². The lowest BCUT2D eigenvalue weighted by atomic mass is 9.95. The molecule has 1 N–H and O–H groups in total. The second-order valence-corrected chi connectivity index (χ2v) is 9.14. The summed E-state index contributed by atoms with van der Waals surface area (Å²) in [6.07, 6.45) is 2.90. The van der Waals surface area contributed by atoms with Crippen LogP contribution >= 0.6 is 11.3 Å². The molecule has 3 aromatic carbocycles. The van der Waals surface area contributed by atoms with Crippen LogP contribution in [0.2, 0.25) is 0 Å². The van der Waals surface area contributed by atoms with E-state index in [9.17, 15) is 19.5 Å². The third-order valence-electron chi connectivity index (χ3n) is 5.50. The zero-order chi connectivity index (χ0) is 25.1. The summed E-state index contributed by atoms with van der Waals surface area (Å²) < 4.78 is 11.4. The number of aromatic carboxylic acids is 1. The summed E-state index contributed by atoms with van der Waals surface area (Å²) in [6.45, 7) is 6.13. The van der Waals surface area contributed by atoms with Crippen LogP contribution in [0.25, 0.3) is 16.2 Å². The maximum absolute atomic E-state index is 13.8. The van der Waals surface area contributed by atoms with Gasteiger partial charge in [0.15, 0.2) is 5.75 Å². The zero-order valence-corrected chi connectivity index (χ0v) is 20.1. The second-order valence-electron chi connectivity index (χ2n) is 8.09. The van der Waals surface area contributed by atoms with E-state index in [0.29, 0.717) is 38.5 Å². The minimum atomic E-state index is -1.04. The highest BCUT2D eigenvalue weighted by atomic mass is 32.1. The fraction of sp³-hybridized carbons (Fsp3) is 0.107. The number of fused-ring (bicyclic) bond motifs is 1. The predicted molar refractivity (Wildman–Crippen MR) is 136 cm³/mol. The Kier molecular flexibility index (Phi) is 6.80. The maximum atomic E-state index is 13.8. The molecule has 0 spiro atoms. The third-order valence-corrected chi connectivity index (χ3v) is 6.63. The van der Waals surface area contributed by atoms with Gasteiger partial charge in [0, 0.05) is 15.6 Å². The average molecular weight is 487 g/mol. The van der Waals surface area contributed by atoms with Crippen LogP contribution in [-0.2, 0) is 9.53 Å². The smallest absolute Gasteiger partial charge is 0.335 e. The summed E-state index contributed by atoms with van der Waals surface area (Å²) in [5.41, 5.74) is 4.36. The molecule has 0 atom stereocenters. The number of aryl methyl sites for hydroxylation is 3. The molecular formula is C28H22O6S. The van der Waals surface area contributed by atoms with Crippen LogP contribution in [0.3, 0.4) is 0 Å². The Morgan fingerprint density at radius 1 is 0.943 bits per heavy atom. The lowest BCUT2D eigenvalue weighted by molar-refractivity contribution is -0.123. The van der Waals surface area contributed by atoms with Crippen molar-refractivity contribution in [3.63, 3.8) is 0 Å². The number of hydrogen-bond donors (Lipinski definition) is 1. The molecule has 0 fully saturated rings. The normalized spacial score (nSPS) is 11.1. The Morgan fingerprint density at radius 3 is 2.26 bits per heavy atom. The Bertz CT molecular complexity index is 1450. The molecule has 6 nitrogen and oxygen atoms in total. The number of thiophene rings is 1. The number of carboxylic acids is 1. The van der Waals surface area contributed by atoms with E-state index in [1.165, 1.54) is 23.7 Å². The number of ether oxygens (including phenoxy) is 2. The molecule has 176 valence electrons. The molecule has 4 aromatic rings. The molecule has 35 heavy (non-hydrogen) atoms. The van der Waals surface area contributed by atoms with E-state index in [-0.39, 0.29) is 11.3 Å². The second kappa shape index (κ2) is 9.95. The van der Waals surface area contributed by atoms with Crippen LogP contribution in [-0.4, -0.2) is 23.3 Å². The van der Waals surface area contributed by atoms with E-state index in [1.807, 2.05) is 32.9 Å². The fourth-order valence-electron chi connectivity index (χ4n) is 4.02. The molecule has 7 heteroatoms. The largest absolute Gasteiger partial charge is 0.478 e. The molecule has 0 unspecified atom stereocenters. The van der Waals surface area contributed by atoms with E-state index >= 15 is 0 Å². The van der Waals surface area contributed by atoms with E-state index in [0.717, 1.165) is 22.3 Å². The molecule has 0 aliphatic rings. The van der Waals surface area contributed by atoms with Crippen molar-refractivity contribution in [3.05, 3.63) is 99.1 Å².